The smallest absolute Gasteiger partial charge is 0.332 e. The summed E-state index contributed by atoms with van der Waals surface area (Å²) in [6.07, 6.45) is 0. The summed E-state index contributed by atoms with van der Waals surface area (Å²) in [7, 11) is 2.84. The number of benzene rings is 1. The molecule has 0 spiro atoms. The zero-order valence-electron chi connectivity index (χ0n) is 16.7. The molecule has 0 fully saturated rings. The number of allylic oxidation sites excluding steroid dienone is 1. The summed E-state index contributed by atoms with van der Waals surface area (Å²) in [5.41, 5.74) is 0.536. The van der Waals surface area contributed by atoms with Gasteiger partial charge in [0.2, 0.25) is 0 Å². The first kappa shape index (κ1) is 23.2. The Kier molecular flexibility index (Phi) is 9.19. The van der Waals surface area contributed by atoms with E-state index >= 15 is 0 Å². The predicted octanol–water partition coefficient (Wildman–Crippen LogP) is 3.45. The summed E-state index contributed by atoms with van der Waals surface area (Å²) in [5.74, 6) is -0.629. The molecular formula is C18H27N3O7. The molecule has 0 unspecified atom stereocenters. The molecule has 0 aromatic heterocycles. The molecule has 0 heterocycles. The highest BCUT2D eigenvalue weighted by Gasteiger charge is 2.30. The van der Waals surface area contributed by atoms with E-state index in [1.165, 1.54) is 48.3 Å². The molecule has 10 nitrogen and oxygen atoms in total. The average Bonchev–Trinajstić information content (AvgIpc) is 2.65. The number of amides is 2. The molecule has 2 amide bonds. The quantitative estimate of drug-likeness (QED) is 0.278. The van der Waals surface area contributed by atoms with Crippen molar-refractivity contribution < 1.29 is 29.0 Å². The summed E-state index contributed by atoms with van der Waals surface area (Å²) in [4.78, 5) is 26.1. The van der Waals surface area contributed by atoms with E-state index in [4.69, 9.17) is 14.2 Å². The first-order valence-corrected chi connectivity index (χ1v) is 8.65. The van der Waals surface area contributed by atoms with Gasteiger partial charge in [0.25, 0.3) is 11.6 Å². The van der Waals surface area contributed by atoms with Crippen molar-refractivity contribution in [2.45, 2.75) is 20.8 Å². The molecule has 28 heavy (non-hydrogen) atoms. The number of methoxy groups -OCH3 is 2. The highest BCUT2D eigenvalue weighted by molar-refractivity contribution is 5.93. The molecule has 1 aromatic rings. The molecule has 0 aliphatic rings. The van der Waals surface area contributed by atoms with Crippen LogP contribution in [0.2, 0.25) is 0 Å². The number of aliphatic hydroxyl groups is 1. The molecule has 0 aliphatic heterocycles. The second-order valence-corrected chi connectivity index (χ2v) is 6.03. The standard InChI is InChI=1S/C18H27N3O7/c1-6-28-17(22)16(13(2)3)20(12-27-5)18(23)19(11-26-4)14-7-9-15(10-8-14)21(24)25/h7-10,13,22H,6,11-12H2,1-5H3/b17-16+. The number of ether oxygens (including phenoxy) is 3. The highest BCUT2D eigenvalue weighted by atomic mass is 16.6. The van der Waals surface area contributed by atoms with E-state index in [2.05, 4.69) is 0 Å². The maximum absolute atomic E-state index is 13.3. The molecule has 156 valence electrons. The molecular weight excluding hydrogens is 370 g/mol. The predicted molar refractivity (Wildman–Crippen MR) is 103 cm³/mol. The van der Waals surface area contributed by atoms with Crippen LogP contribution in [-0.4, -0.2) is 55.2 Å². The Morgan fingerprint density at radius 2 is 1.75 bits per heavy atom. The van der Waals surface area contributed by atoms with Gasteiger partial charge in [0.05, 0.1) is 11.5 Å². The normalized spacial score (nSPS) is 11.8. The van der Waals surface area contributed by atoms with E-state index in [1.54, 1.807) is 20.8 Å². The number of hydrogen-bond donors (Lipinski definition) is 1. The first-order chi connectivity index (χ1) is 13.3. The van der Waals surface area contributed by atoms with Crippen molar-refractivity contribution in [1.29, 1.82) is 0 Å². The van der Waals surface area contributed by atoms with Crippen LogP contribution >= 0.6 is 0 Å². The van der Waals surface area contributed by atoms with Crippen molar-refractivity contribution in [2.75, 3.05) is 39.2 Å². The van der Waals surface area contributed by atoms with Crippen LogP contribution in [0.25, 0.3) is 0 Å². The zero-order chi connectivity index (χ0) is 21.3. The van der Waals surface area contributed by atoms with Crippen LogP contribution in [0.4, 0.5) is 16.2 Å². The number of urea groups is 1. The maximum atomic E-state index is 13.3. The summed E-state index contributed by atoms with van der Waals surface area (Å²) in [6.45, 7) is 5.28. The van der Waals surface area contributed by atoms with Gasteiger partial charge in [0.1, 0.15) is 19.2 Å². The lowest BCUT2D eigenvalue weighted by atomic mass is 10.1. The van der Waals surface area contributed by atoms with E-state index < -0.39 is 11.0 Å². The Balaban J connectivity index is 3.35. The number of carbonyl (C=O) groups is 1. The third-order valence-corrected chi connectivity index (χ3v) is 3.69. The topological polar surface area (TPSA) is 115 Å². The van der Waals surface area contributed by atoms with Crippen LogP contribution in [0.5, 0.6) is 0 Å². The molecule has 0 saturated heterocycles. The summed E-state index contributed by atoms with van der Waals surface area (Å²) >= 11 is 0. The number of rotatable bonds is 10. The number of nitro groups is 1. The minimum absolute atomic E-state index is 0.0981. The second-order valence-electron chi connectivity index (χ2n) is 6.03. The van der Waals surface area contributed by atoms with Gasteiger partial charge in [0, 0.05) is 38.0 Å². The van der Waals surface area contributed by atoms with Gasteiger partial charge >= 0.3 is 6.03 Å². The van der Waals surface area contributed by atoms with E-state index in [9.17, 15) is 20.0 Å². The van der Waals surface area contributed by atoms with Crippen molar-refractivity contribution in [2.24, 2.45) is 5.92 Å². The van der Waals surface area contributed by atoms with Crippen molar-refractivity contribution in [3.8, 4) is 0 Å². The van der Waals surface area contributed by atoms with Gasteiger partial charge in [-0.2, -0.15) is 0 Å². The number of hydrogen-bond acceptors (Lipinski definition) is 7. The number of nitrogens with zero attached hydrogens (tertiary/aromatic N) is 3. The van der Waals surface area contributed by atoms with Crippen LogP contribution in [0, 0.1) is 16.0 Å². The lowest BCUT2D eigenvalue weighted by molar-refractivity contribution is -0.384. The third kappa shape index (κ3) is 5.83. The number of aliphatic hydroxyl groups excluding tert-OH is 1. The highest BCUT2D eigenvalue weighted by Crippen LogP contribution is 2.25. The van der Waals surface area contributed by atoms with Crippen LogP contribution in [0.3, 0.4) is 0 Å². The lowest BCUT2D eigenvalue weighted by Crippen LogP contribution is -2.46. The van der Waals surface area contributed by atoms with Crippen LogP contribution < -0.4 is 4.90 Å². The molecule has 0 saturated carbocycles. The maximum Gasteiger partial charge on any atom is 0.332 e. The Labute approximate surface area is 164 Å². The number of anilines is 1. The van der Waals surface area contributed by atoms with Crippen molar-refractivity contribution in [3.63, 3.8) is 0 Å². The van der Waals surface area contributed by atoms with E-state index in [0.29, 0.717) is 5.69 Å². The van der Waals surface area contributed by atoms with E-state index in [1.807, 2.05) is 0 Å². The monoisotopic (exact) mass is 397 g/mol. The molecule has 1 N–H and O–H groups in total. The van der Waals surface area contributed by atoms with E-state index in [-0.39, 0.29) is 43.3 Å². The van der Waals surface area contributed by atoms with Gasteiger partial charge in [0.15, 0.2) is 0 Å². The molecule has 0 radical (unpaired) electrons. The van der Waals surface area contributed by atoms with Gasteiger partial charge in [-0.25, -0.2) is 4.79 Å². The van der Waals surface area contributed by atoms with Gasteiger partial charge in [-0.1, -0.05) is 13.8 Å². The van der Waals surface area contributed by atoms with Gasteiger partial charge in [-0.05, 0) is 19.1 Å². The molecule has 1 rings (SSSR count). The largest absolute Gasteiger partial charge is 0.480 e. The van der Waals surface area contributed by atoms with Crippen molar-refractivity contribution >= 4 is 17.4 Å². The fourth-order valence-corrected chi connectivity index (χ4v) is 2.51. The third-order valence-electron chi connectivity index (χ3n) is 3.69. The molecule has 0 atom stereocenters. The Bertz CT molecular complexity index is 689. The zero-order valence-corrected chi connectivity index (χ0v) is 16.7. The van der Waals surface area contributed by atoms with Gasteiger partial charge in [-0.3, -0.25) is 19.9 Å². The first-order valence-electron chi connectivity index (χ1n) is 8.65. The molecule has 0 bridgehead atoms. The Morgan fingerprint density at radius 1 is 1.18 bits per heavy atom. The number of nitro benzene ring substituents is 1. The van der Waals surface area contributed by atoms with Crippen LogP contribution in [0.1, 0.15) is 20.8 Å². The second kappa shape index (κ2) is 11.1. The van der Waals surface area contributed by atoms with Crippen LogP contribution in [-0.2, 0) is 14.2 Å². The fourth-order valence-electron chi connectivity index (χ4n) is 2.51. The SMILES string of the molecule is CCO/C(O)=C(\C(C)C)N(COC)C(=O)N(COC)c1ccc([N+](=O)[O-])cc1. The minimum Gasteiger partial charge on any atom is -0.480 e. The molecule has 10 heteroatoms. The van der Waals surface area contributed by atoms with E-state index in [0.717, 1.165) is 0 Å². The minimum atomic E-state index is -0.549. The summed E-state index contributed by atoms with van der Waals surface area (Å²) in [6, 6.07) is 4.93. The average molecular weight is 397 g/mol. The van der Waals surface area contributed by atoms with Gasteiger partial charge in [-0.15, -0.1) is 0 Å². The Hall–Kier alpha value is -2.85. The lowest BCUT2D eigenvalue weighted by Gasteiger charge is -2.32. The number of non-ortho nitro benzene ring substituents is 1. The Morgan fingerprint density at radius 3 is 2.18 bits per heavy atom. The van der Waals surface area contributed by atoms with Gasteiger partial charge < -0.3 is 19.3 Å². The fraction of sp³-hybridized carbons (Fsp3) is 0.500. The van der Waals surface area contributed by atoms with Crippen molar-refractivity contribution in [3.05, 3.63) is 46.0 Å². The van der Waals surface area contributed by atoms with Crippen molar-refractivity contribution in [1.82, 2.24) is 4.90 Å². The molecule has 1 aromatic carbocycles. The molecule has 0 aliphatic carbocycles. The number of carbonyl (C=O) groups excluding carboxylic acids is 1. The summed E-state index contributed by atoms with van der Waals surface area (Å²) in [5, 5.41) is 21.2. The van der Waals surface area contributed by atoms with Crippen LogP contribution in [0.15, 0.2) is 35.9 Å². The summed E-state index contributed by atoms with van der Waals surface area (Å²) < 4.78 is 15.5.